The second kappa shape index (κ2) is 7.35. The smallest absolute Gasteiger partial charge is 0.308 e. The Balaban J connectivity index is 1.85. The van der Waals surface area contributed by atoms with E-state index in [1.54, 1.807) is 6.07 Å². The number of aromatic nitrogens is 2. The molecule has 7 heteroatoms. The average Bonchev–Trinajstić information content (AvgIpc) is 3.02. The van der Waals surface area contributed by atoms with Crippen LogP contribution in [-0.2, 0) is 4.79 Å². The lowest BCUT2D eigenvalue weighted by molar-refractivity contribution is -0.142. The van der Waals surface area contributed by atoms with Gasteiger partial charge in [-0.25, -0.2) is 0 Å². The number of carboxylic acid groups (broad SMARTS) is 1. The molecule has 140 valence electrons. The molecule has 0 aromatic carbocycles. The Morgan fingerprint density at radius 2 is 1.92 bits per heavy atom. The number of nitrogens with one attached hydrogen (secondary N) is 1. The molecule has 1 aliphatic carbocycles. The second-order valence-corrected chi connectivity index (χ2v) is 7.08. The predicted molar refractivity (Wildman–Crippen MR) is 95.5 cm³/mol. The van der Waals surface area contributed by atoms with Gasteiger partial charge in [0.25, 0.3) is 5.91 Å². The Bertz CT molecular complexity index is 821. The molecule has 1 saturated carbocycles. The number of aliphatic carboxylic acids is 1. The third kappa shape index (κ3) is 3.52. The molecule has 0 spiro atoms. The maximum absolute atomic E-state index is 12.9. The summed E-state index contributed by atoms with van der Waals surface area (Å²) in [4.78, 5) is 24.4. The number of hydrogen-bond acceptors (Lipinski definition) is 4. The van der Waals surface area contributed by atoms with Crippen LogP contribution in [-0.4, -0.2) is 32.7 Å². The van der Waals surface area contributed by atoms with Gasteiger partial charge < -0.3 is 14.9 Å². The zero-order chi connectivity index (χ0) is 18.8. The molecular weight excluding hydrogens is 334 g/mol. The summed E-state index contributed by atoms with van der Waals surface area (Å²) in [6.07, 6.45) is 4.15. The van der Waals surface area contributed by atoms with E-state index in [0.717, 1.165) is 30.7 Å². The summed E-state index contributed by atoms with van der Waals surface area (Å²) in [6, 6.07) is 3.29. The van der Waals surface area contributed by atoms with Crippen molar-refractivity contribution in [3.8, 4) is 5.82 Å². The fourth-order valence-electron chi connectivity index (χ4n) is 3.83. The van der Waals surface area contributed by atoms with Crippen molar-refractivity contribution in [1.82, 2.24) is 15.0 Å². The third-order valence-electron chi connectivity index (χ3n) is 5.17. The van der Waals surface area contributed by atoms with Crippen LogP contribution in [0.1, 0.15) is 59.6 Å². The van der Waals surface area contributed by atoms with Crippen molar-refractivity contribution in [3.63, 3.8) is 0 Å². The molecule has 1 fully saturated rings. The molecule has 0 unspecified atom stereocenters. The third-order valence-corrected chi connectivity index (χ3v) is 5.17. The van der Waals surface area contributed by atoms with Gasteiger partial charge in [-0.15, -0.1) is 0 Å². The Morgan fingerprint density at radius 3 is 2.58 bits per heavy atom. The summed E-state index contributed by atoms with van der Waals surface area (Å²) in [5, 5.41) is 16.5. The molecule has 2 aromatic heterocycles. The van der Waals surface area contributed by atoms with Crippen molar-refractivity contribution < 1.29 is 19.2 Å². The first kappa shape index (κ1) is 18.2. The SMILES string of the molecule is Cc1cc(-n2c(C)cc(C(=O)N[C@H]3CCCCC[C@H]3C(=O)O)c2C)no1. The van der Waals surface area contributed by atoms with Crippen LogP contribution in [0.25, 0.3) is 5.82 Å². The first-order valence-electron chi connectivity index (χ1n) is 9.04. The maximum Gasteiger partial charge on any atom is 0.308 e. The summed E-state index contributed by atoms with van der Waals surface area (Å²) in [7, 11) is 0. The minimum Gasteiger partial charge on any atom is -0.481 e. The van der Waals surface area contributed by atoms with Gasteiger partial charge in [-0.3, -0.25) is 14.2 Å². The minimum atomic E-state index is -0.833. The summed E-state index contributed by atoms with van der Waals surface area (Å²) in [5.74, 6) is -0.262. The number of carbonyl (C=O) groups excluding carboxylic acids is 1. The molecule has 3 rings (SSSR count). The van der Waals surface area contributed by atoms with E-state index in [0.29, 0.717) is 30.0 Å². The highest BCUT2D eigenvalue weighted by molar-refractivity contribution is 5.96. The molecule has 1 aliphatic rings. The lowest BCUT2D eigenvalue weighted by Gasteiger charge is -2.22. The van der Waals surface area contributed by atoms with E-state index in [-0.39, 0.29) is 11.9 Å². The van der Waals surface area contributed by atoms with Gasteiger partial charge in [-0.05, 0) is 39.7 Å². The zero-order valence-corrected chi connectivity index (χ0v) is 15.4. The Labute approximate surface area is 152 Å². The molecule has 2 aromatic rings. The van der Waals surface area contributed by atoms with Crippen molar-refractivity contribution in [2.45, 2.75) is 58.9 Å². The van der Waals surface area contributed by atoms with Gasteiger partial charge in [0.2, 0.25) is 0 Å². The van der Waals surface area contributed by atoms with Gasteiger partial charge in [-0.2, -0.15) is 0 Å². The van der Waals surface area contributed by atoms with Crippen molar-refractivity contribution >= 4 is 11.9 Å². The highest BCUT2D eigenvalue weighted by Crippen LogP contribution is 2.25. The van der Waals surface area contributed by atoms with E-state index < -0.39 is 11.9 Å². The van der Waals surface area contributed by atoms with E-state index in [9.17, 15) is 14.7 Å². The second-order valence-electron chi connectivity index (χ2n) is 7.08. The lowest BCUT2D eigenvalue weighted by atomic mass is 9.94. The van der Waals surface area contributed by atoms with Crippen LogP contribution in [0.5, 0.6) is 0 Å². The topological polar surface area (TPSA) is 97.4 Å². The molecule has 0 bridgehead atoms. The van der Waals surface area contributed by atoms with Crippen LogP contribution in [0, 0.1) is 26.7 Å². The number of carbonyl (C=O) groups is 2. The highest BCUT2D eigenvalue weighted by atomic mass is 16.5. The van der Waals surface area contributed by atoms with Gasteiger partial charge in [0, 0.05) is 23.5 Å². The number of carboxylic acids is 1. The number of hydrogen-bond donors (Lipinski definition) is 2. The molecule has 0 saturated heterocycles. The highest BCUT2D eigenvalue weighted by Gasteiger charge is 2.31. The first-order valence-corrected chi connectivity index (χ1v) is 9.04. The molecule has 2 atom stereocenters. The van der Waals surface area contributed by atoms with E-state index >= 15 is 0 Å². The lowest BCUT2D eigenvalue weighted by Crippen LogP contribution is -2.43. The van der Waals surface area contributed by atoms with Crippen LogP contribution in [0.4, 0.5) is 0 Å². The molecular formula is C19H25N3O4. The fraction of sp³-hybridized carbons (Fsp3) is 0.526. The first-order chi connectivity index (χ1) is 12.4. The Kier molecular flexibility index (Phi) is 5.15. The van der Waals surface area contributed by atoms with E-state index in [2.05, 4.69) is 10.5 Å². The summed E-state index contributed by atoms with van der Waals surface area (Å²) < 4.78 is 7.01. The van der Waals surface area contributed by atoms with E-state index in [1.165, 1.54) is 0 Å². The fourth-order valence-corrected chi connectivity index (χ4v) is 3.83. The molecule has 1 amide bonds. The number of nitrogens with zero attached hydrogens (tertiary/aromatic N) is 2. The van der Waals surface area contributed by atoms with E-state index in [4.69, 9.17) is 4.52 Å². The standard InChI is InChI=1S/C19H25N3O4/c1-11-9-15(13(3)22(11)17-10-12(2)26-21-17)18(23)20-16-8-6-4-5-7-14(16)19(24)25/h9-10,14,16H,4-8H2,1-3H3,(H,20,23)(H,24,25)/t14-,16+/m1/s1. The largest absolute Gasteiger partial charge is 0.481 e. The van der Waals surface area contributed by atoms with Gasteiger partial charge in [0.15, 0.2) is 5.82 Å². The number of rotatable bonds is 4. The van der Waals surface area contributed by atoms with Crippen molar-refractivity contribution in [1.29, 1.82) is 0 Å². The molecule has 26 heavy (non-hydrogen) atoms. The summed E-state index contributed by atoms with van der Waals surface area (Å²) >= 11 is 0. The summed E-state index contributed by atoms with van der Waals surface area (Å²) in [6.45, 7) is 5.57. The van der Waals surface area contributed by atoms with Gasteiger partial charge >= 0.3 is 5.97 Å². The molecule has 7 nitrogen and oxygen atoms in total. The molecule has 0 aliphatic heterocycles. The van der Waals surface area contributed by atoms with Crippen LogP contribution >= 0.6 is 0 Å². The Morgan fingerprint density at radius 1 is 1.19 bits per heavy atom. The molecule has 2 N–H and O–H groups in total. The monoisotopic (exact) mass is 359 g/mol. The van der Waals surface area contributed by atoms with Crippen LogP contribution in [0.3, 0.4) is 0 Å². The van der Waals surface area contributed by atoms with Crippen molar-refractivity contribution in [2.24, 2.45) is 5.92 Å². The van der Waals surface area contributed by atoms with Crippen LogP contribution in [0.15, 0.2) is 16.7 Å². The predicted octanol–water partition coefficient (Wildman–Crippen LogP) is 3.15. The quantitative estimate of drug-likeness (QED) is 0.817. The van der Waals surface area contributed by atoms with Gasteiger partial charge in [0.1, 0.15) is 5.76 Å². The normalized spacial score (nSPS) is 20.6. The maximum atomic E-state index is 12.9. The minimum absolute atomic E-state index is 0.234. The summed E-state index contributed by atoms with van der Waals surface area (Å²) in [5.41, 5.74) is 2.17. The van der Waals surface area contributed by atoms with Crippen LogP contribution in [0.2, 0.25) is 0 Å². The zero-order valence-electron chi connectivity index (χ0n) is 15.4. The molecule has 2 heterocycles. The Hall–Kier alpha value is -2.57. The number of amides is 1. The molecule has 0 radical (unpaired) electrons. The van der Waals surface area contributed by atoms with Gasteiger partial charge in [0.05, 0.1) is 11.5 Å². The van der Waals surface area contributed by atoms with E-state index in [1.807, 2.05) is 31.4 Å². The van der Waals surface area contributed by atoms with Crippen LogP contribution < -0.4 is 5.32 Å². The average molecular weight is 359 g/mol. The van der Waals surface area contributed by atoms with Gasteiger partial charge in [-0.1, -0.05) is 24.4 Å². The van der Waals surface area contributed by atoms with Crippen molar-refractivity contribution in [2.75, 3.05) is 0 Å². The van der Waals surface area contributed by atoms with Crippen molar-refractivity contribution in [3.05, 3.63) is 34.8 Å². The number of aryl methyl sites for hydroxylation is 2.